The van der Waals surface area contributed by atoms with Gasteiger partial charge in [-0.25, -0.2) is 0 Å². The van der Waals surface area contributed by atoms with Crippen LogP contribution in [-0.2, 0) is 4.79 Å². The second kappa shape index (κ2) is 2.66. The zero-order valence-electron chi connectivity index (χ0n) is 5.58. The highest BCUT2D eigenvalue weighted by molar-refractivity contribution is 5.78. The SMILES string of the molecule is NC1=CC(C=O)=CCC1N. The Hall–Kier alpha value is -1.09. The fourth-order valence-electron chi connectivity index (χ4n) is 0.840. The summed E-state index contributed by atoms with van der Waals surface area (Å²) < 4.78 is 0. The molecule has 0 aliphatic heterocycles. The number of carbonyl (C=O) groups excluding carboxylic acids is 1. The van der Waals surface area contributed by atoms with E-state index in [2.05, 4.69) is 0 Å². The predicted octanol–water partition coefficient (Wildman–Crippen LogP) is -0.315. The van der Waals surface area contributed by atoms with E-state index in [0.29, 0.717) is 17.7 Å². The second-order valence-corrected chi connectivity index (χ2v) is 2.31. The van der Waals surface area contributed by atoms with Gasteiger partial charge in [-0.3, -0.25) is 4.79 Å². The highest BCUT2D eigenvalue weighted by Gasteiger charge is 2.09. The lowest BCUT2D eigenvalue weighted by molar-refractivity contribution is -0.104. The Morgan fingerprint density at radius 2 is 2.40 bits per heavy atom. The zero-order valence-corrected chi connectivity index (χ0v) is 5.58. The van der Waals surface area contributed by atoms with E-state index in [1.807, 2.05) is 0 Å². The largest absolute Gasteiger partial charge is 0.401 e. The summed E-state index contributed by atoms with van der Waals surface area (Å²) in [6.07, 6.45) is 4.84. The van der Waals surface area contributed by atoms with Crippen LogP contribution in [0.25, 0.3) is 0 Å². The Bertz CT molecular complexity index is 206. The smallest absolute Gasteiger partial charge is 0.149 e. The number of hydrogen-bond donors (Lipinski definition) is 2. The molecule has 0 saturated heterocycles. The van der Waals surface area contributed by atoms with Crippen LogP contribution in [0, 0.1) is 0 Å². The summed E-state index contributed by atoms with van der Waals surface area (Å²) in [5.74, 6) is 0. The van der Waals surface area contributed by atoms with Crippen molar-refractivity contribution in [3.05, 3.63) is 23.4 Å². The van der Waals surface area contributed by atoms with Gasteiger partial charge in [-0.15, -0.1) is 0 Å². The molecule has 3 heteroatoms. The highest BCUT2D eigenvalue weighted by Crippen LogP contribution is 2.10. The van der Waals surface area contributed by atoms with Gasteiger partial charge in [0, 0.05) is 17.3 Å². The van der Waals surface area contributed by atoms with Crippen LogP contribution in [0.1, 0.15) is 6.42 Å². The highest BCUT2D eigenvalue weighted by atomic mass is 16.1. The van der Waals surface area contributed by atoms with E-state index < -0.39 is 0 Å². The first kappa shape index (κ1) is 7.02. The standard InChI is InChI=1S/C7H10N2O/c8-6-2-1-5(4-10)3-7(6)9/h1,3-4,6H,2,8-9H2. The van der Waals surface area contributed by atoms with Crippen molar-refractivity contribution in [1.82, 2.24) is 0 Å². The molecule has 0 spiro atoms. The maximum absolute atomic E-state index is 10.2. The van der Waals surface area contributed by atoms with Crippen molar-refractivity contribution in [2.45, 2.75) is 12.5 Å². The van der Waals surface area contributed by atoms with Crippen LogP contribution in [0.15, 0.2) is 23.4 Å². The van der Waals surface area contributed by atoms with Crippen molar-refractivity contribution in [1.29, 1.82) is 0 Å². The van der Waals surface area contributed by atoms with Crippen molar-refractivity contribution >= 4 is 6.29 Å². The Morgan fingerprint density at radius 3 is 2.90 bits per heavy atom. The molecular formula is C7H10N2O. The molecule has 0 amide bonds. The van der Waals surface area contributed by atoms with Gasteiger partial charge in [0.1, 0.15) is 6.29 Å². The van der Waals surface area contributed by atoms with Gasteiger partial charge in [0.15, 0.2) is 0 Å². The monoisotopic (exact) mass is 138 g/mol. The normalized spacial score (nSPS) is 25.1. The molecule has 4 N–H and O–H groups in total. The molecule has 0 aromatic heterocycles. The van der Waals surface area contributed by atoms with Gasteiger partial charge in [-0.1, -0.05) is 6.08 Å². The minimum absolute atomic E-state index is 0.108. The first-order valence-corrected chi connectivity index (χ1v) is 3.12. The van der Waals surface area contributed by atoms with Crippen molar-refractivity contribution in [2.75, 3.05) is 0 Å². The average molecular weight is 138 g/mol. The summed E-state index contributed by atoms with van der Waals surface area (Å²) in [5, 5.41) is 0. The summed E-state index contributed by atoms with van der Waals surface area (Å²) in [5.41, 5.74) is 12.2. The second-order valence-electron chi connectivity index (χ2n) is 2.31. The summed E-state index contributed by atoms with van der Waals surface area (Å²) in [7, 11) is 0. The van der Waals surface area contributed by atoms with Crippen LogP contribution in [0.3, 0.4) is 0 Å². The third kappa shape index (κ3) is 1.25. The van der Waals surface area contributed by atoms with Gasteiger partial charge in [-0.2, -0.15) is 0 Å². The van der Waals surface area contributed by atoms with E-state index in [4.69, 9.17) is 11.5 Å². The Morgan fingerprint density at radius 1 is 1.70 bits per heavy atom. The quantitative estimate of drug-likeness (QED) is 0.488. The fourth-order valence-corrected chi connectivity index (χ4v) is 0.840. The molecule has 1 atom stereocenters. The van der Waals surface area contributed by atoms with Gasteiger partial charge < -0.3 is 11.5 Å². The van der Waals surface area contributed by atoms with E-state index in [0.717, 1.165) is 6.29 Å². The molecule has 3 nitrogen and oxygen atoms in total. The van der Waals surface area contributed by atoms with E-state index in [9.17, 15) is 4.79 Å². The van der Waals surface area contributed by atoms with Gasteiger partial charge in [-0.05, 0) is 12.5 Å². The van der Waals surface area contributed by atoms with E-state index in [-0.39, 0.29) is 6.04 Å². The predicted molar refractivity (Wildman–Crippen MR) is 39.0 cm³/mol. The minimum Gasteiger partial charge on any atom is -0.401 e. The van der Waals surface area contributed by atoms with E-state index in [1.165, 1.54) is 0 Å². The number of hydrogen-bond acceptors (Lipinski definition) is 3. The van der Waals surface area contributed by atoms with Gasteiger partial charge in [0.25, 0.3) is 0 Å². The lowest BCUT2D eigenvalue weighted by Gasteiger charge is -2.13. The summed E-state index contributed by atoms with van der Waals surface area (Å²) in [6, 6.07) is -0.108. The van der Waals surface area contributed by atoms with Crippen molar-refractivity contribution < 1.29 is 4.79 Å². The third-order valence-corrected chi connectivity index (χ3v) is 1.51. The molecule has 0 saturated carbocycles. The average Bonchev–Trinajstić information content (AvgIpc) is 1.95. The maximum atomic E-state index is 10.2. The molecule has 0 aromatic rings. The minimum atomic E-state index is -0.108. The molecule has 1 unspecified atom stereocenters. The van der Waals surface area contributed by atoms with Crippen LogP contribution in [-0.4, -0.2) is 12.3 Å². The molecule has 54 valence electrons. The van der Waals surface area contributed by atoms with Crippen molar-refractivity contribution in [3.8, 4) is 0 Å². The van der Waals surface area contributed by atoms with Crippen LogP contribution in [0.5, 0.6) is 0 Å². The molecule has 10 heavy (non-hydrogen) atoms. The van der Waals surface area contributed by atoms with Gasteiger partial charge in [0.2, 0.25) is 0 Å². The molecule has 1 aliphatic carbocycles. The molecular weight excluding hydrogens is 128 g/mol. The number of carbonyl (C=O) groups is 1. The maximum Gasteiger partial charge on any atom is 0.149 e. The third-order valence-electron chi connectivity index (χ3n) is 1.51. The molecule has 0 fully saturated rings. The van der Waals surface area contributed by atoms with E-state index >= 15 is 0 Å². The van der Waals surface area contributed by atoms with Crippen LogP contribution in [0.2, 0.25) is 0 Å². The number of nitrogens with two attached hydrogens (primary N) is 2. The summed E-state index contributed by atoms with van der Waals surface area (Å²) in [6.45, 7) is 0. The van der Waals surface area contributed by atoms with Crippen LogP contribution in [0.4, 0.5) is 0 Å². The van der Waals surface area contributed by atoms with Crippen molar-refractivity contribution in [2.24, 2.45) is 11.5 Å². The zero-order chi connectivity index (χ0) is 7.56. The summed E-state index contributed by atoms with van der Waals surface area (Å²) >= 11 is 0. The molecule has 0 heterocycles. The summed E-state index contributed by atoms with van der Waals surface area (Å²) in [4.78, 5) is 10.2. The van der Waals surface area contributed by atoms with Crippen LogP contribution < -0.4 is 11.5 Å². The molecule has 0 radical (unpaired) electrons. The lowest BCUT2D eigenvalue weighted by atomic mass is 10.0. The molecule has 1 aliphatic rings. The van der Waals surface area contributed by atoms with Crippen molar-refractivity contribution in [3.63, 3.8) is 0 Å². The number of aldehydes is 1. The topological polar surface area (TPSA) is 69.1 Å². The molecule has 0 bridgehead atoms. The molecule has 1 rings (SSSR count). The first-order valence-electron chi connectivity index (χ1n) is 3.12. The van der Waals surface area contributed by atoms with Crippen LogP contribution >= 0.6 is 0 Å². The first-order chi connectivity index (χ1) is 4.74. The Kier molecular flexibility index (Phi) is 1.87. The van der Waals surface area contributed by atoms with Gasteiger partial charge in [0.05, 0.1) is 0 Å². The number of allylic oxidation sites excluding steroid dienone is 2. The Balaban J connectivity index is 2.78. The Labute approximate surface area is 59.4 Å². The fraction of sp³-hybridized carbons (Fsp3) is 0.286. The van der Waals surface area contributed by atoms with Gasteiger partial charge >= 0.3 is 0 Å². The lowest BCUT2D eigenvalue weighted by Crippen LogP contribution is -2.28. The molecule has 0 aromatic carbocycles. The van der Waals surface area contributed by atoms with E-state index in [1.54, 1.807) is 12.2 Å². The number of rotatable bonds is 1.